The normalized spacial score (nSPS) is 9.95. The maximum absolute atomic E-state index is 11.7. The first-order valence-corrected chi connectivity index (χ1v) is 7.10. The van der Waals surface area contributed by atoms with Gasteiger partial charge in [0.25, 0.3) is 0 Å². The van der Waals surface area contributed by atoms with E-state index >= 15 is 0 Å². The Bertz CT molecular complexity index is 436. The minimum absolute atomic E-state index is 0.0630. The summed E-state index contributed by atoms with van der Waals surface area (Å²) in [5.41, 5.74) is 0.633. The van der Waals surface area contributed by atoms with E-state index in [0.717, 1.165) is 0 Å². The second-order valence-corrected chi connectivity index (χ2v) is 4.78. The van der Waals surface area contributed by atoms with Crippen LogP contribution in [-0.4, -0.2) is 35.1 Å². The molecule has 0 aromatic heterocycles. The van der Waals surface area contributed by atoms with Crippen molar-refractivity contribution < 1.29 is 19.4 Å². The van der Waals surface area contributed by atoms with Crippen molar-refractivity contribution in [2.45, 2.75) is 13.3 Å². The van der Waals surface area contributed by atoms with Gasteiger partial charge in [-0.05, 0) is 19.1 Å². The van der Waals surface area contributed by atoms with Crippen molar-refractivity contribution in [1.82, 2.24) is 0 Å². The van der Waals surface area contributed by atoms with Gasteiger partial charge in [-0.2, -0.15) is 11.8 Å². The summed E-state index contributed by atoms with van der Waals surface area (Å²) in [6.45, 7) is 2.40. The second kappa shape index (κ2) is 8.42. The van der Waals surface area contributed by atoms with E-state index in [9.17, 15) is 9.59 Å². The number of carboxylic acid groups (broad SMARTS) is 1. The second-order valence-electron chi connectivity index (χ2n) is 3.67. The van der Waals surface area contributed by atoms with Crippen LogP contribution in [0, 0.1) is 0 Å². The lowest BCUT2D eigenvalue weighted by Crippen LogP contribution is -2.15. The number of amides is 1. The Morgan fingerprint density at radius 1 is 1.37 bits per heavy atom. The van der Waals surface area contributed by atoms with Crippen molar-refractivity contribution in [3.63, 3.8) is 0 Å². The fraction of sp³-hybridized carbons (Fsp3) is 0.385. The molecule has 0 aliphatic rings. The molecule has 2 N–H and O–H groups in total. The molecule has 19 heavy (non-hydrogen) atoms. The molecule has 0 aliphatic carbocycles. The Morgan fingerprint density at radius 2 is 2.11 bits per heavy atom. The van der Waals surface area contributed by atoms with Crippen LogP contribution in [0.2, 0.25) is 0 Å². The zero-order chi connectivity index (χ0) is 14.1. The van der Waals surface area contributed by atoms with E-state index in [4.69, 9.17) is 9.84 Å². The molecule has 1 amide bonds. The highest BCUT2D eigenvalue weighted by Crippen LogP contribution is 2.23. The Kier molecular flexibility index (Phi) is 6.81. The summed E-state index contributed by atoms with van der Waals surface area (Å²) in [5, 5.41) is 11.2. The molecule has 0 aliphatic heterocycles. The topological polar surface area (TPSA) is 75.6 Å². The summed E-state index contributed by atoms with van der Waals surface area (Å²) in [6, 6.07) is 7.21. The Balaban J connectivity index is 2.41. The average Bonchev–Trinajstić information content (AvgIpc) is 2.37. The van der Waals surface area contributed by atoms with Crippen LogP contribution in [0.5, 0.6) is 5.75 Å². The van der Waals surface area contributed by atoms with Crippen molar-refractivity contribution in [3.05, 3.63) is 24.3 Å². The maximum Gasteiger partial charge on any atom is 0.304 e. The number of ether oxygens (including phenoxy) is 1. The van der Waals surface area contributed by atoms with Gasteiger partial charge in [-0.3, -0.25) is 9.59 Å². The monoisotopic (exact) mass is 283 g/mol. The Hall–Kier alpha value is -1.69. The van der Waals surface area contributed by atoms with Crippen LogP contribution in [-0.2, 0) is 9.59 Å². The first-order valence-electron chi connectivity index (χ1n) is 5.94. The SMILES string of the molecule is CCOc1ccccc1NC(=O)CSCCC(=O)O. The van der Waals surface area contributed by atoms with Crippen molar-refractivity contribution >= 4 is 29.3 Å². The predicted molar refractivity (Wildman–Crippen MR) is 75.8 cm³/mol. The van der Waals surface area contributed by atoms with Crippen LogP contribution in [0.4, 0.5) is 5.69 Å². The smallest absolute Gasteiger partial charge is 0.304 e. The lowest BCUT2D eigenvalue weighted by Gasteiger charge is -2.10. The van der Waals surface area contributed by atoms with E-state index in [-0.39, 0.29) is 18.1 Å². The van der Waals surface area contributed by atoms with Gasteiger partial charge in [0.05, 0.1) is 24.5 Å². The molecule has 0 spiro atoms. The average molecular weight is 283 g/mol. The van der Waals surface area contributed by atoms with E-state index < -0.39 is 5.97 Å². The quantitative estimate of drug-likeness (QED) is 0.716. The van der Waals surface area contributed by atoms with Crippen LogP contribution in [0.25, 0.3) is 0 Å². The van der Waals surface area contributed by atoms with E-state index in [2.05, 4.69) is 5.32 Å². The zero-order valence-electron chi connectivity index (χ0n) is 10.7. The summed E-state index contributed by atoms with van der Waals surface area (Å²) in [6.07, 6.45) is 0.0630. The van der Waals surface area contributed by atoms with Crippen LogP contribution in [0.3, 0.4) is 0 Å². The van der Waals surface area contributed by atoms with Crippen LogP contribution in [0.15, 0.2) is 24.3 Å². The molecule has 0 saturated heterocycles. The fourth-order valence-electron chi connectivity index (χ4n) is 1.36. The van der Waals surface area contributed by atoms with Crippen molar-refractivity contribution in [2.24, 2.45) is 0 Å². The third-order valence-electron chi connectivity index (χ3n) is 2.15. The summed E-state index contributed by atoms with van der Waals surface area (Å²) < 4.78 is 5.40. The van der Waals surface area contributed by atoms with E-state index in [0.29, 0.717) is 23.8 Å². The number of hydrogen-bond donors (Lipinski definition) is 2. The maximum atomic E-state index is 11.7. The number of thioether (sulfide) groups is 1. The lowest BCUT2D eigenvalue weighted by atomic mass is 10.3. The number of carbonyl (C=O) groups is 2. The van der Waals surface area contributed by atoms with Gasteiger partial charge in [0.1, 0.15) is 5.75 Å². The van der Waals surface area contributed by atoms with Crippen molar-refractivity contribution in [2.75, 3.05) is 23.4 Å². The largest absolute Gasteiger partial charge is 0.492 e. The van der Waals surface area contributed by atoms with Crippen molar-refractivity contribution in [3.8, 4) is 5.75 Å². The van der Waals surface area contributed by atoms with Gasteiger partial charge in [-0.15, -0.1) is 0 Å². The predicted octanol–water partition coefficient (Wildman–Crippen LogP) is 2.23. The molecule has 0 radical (unpaired) electrons. The van der Waals surface area contributed by atoms with Crippen LogP contribution < -0.4 is 10.1 Å². The summed E-state index contributed by atoms with van der Waals surface area (Å²) in [7, 11) is 0. The minimum atomic E-state index is -0.852. The zero-order valence-corrected chi connectivity index (χ0v) is 11.5. The molecule has 0 bridgehead atoms. The molecule has 0 unspecified atom stereocenters. The summed E-state index contributed by atoms with van der Waals surface area (Å²) >= 11 is 1.29. The number of benzene rings is 1. The number of carboxylic acids is 1. The van der Waals surface area contributed by atoms with E-state index in [1.54, 1.807) is 12.1 Å². The first-order chi connectivity index (χ1) is 9.13. The van der Waals surface area contributed by atoms with Gasteiger partial charge < -0.3 is 15.2 Å². The lowest BCUT2D eigenvalue weighted by molar-refractivity contribution is -0.136. The molecule has 1 aromatic rings. The third kappa shape index (κ3) is 6.15. The fourth-order valence-corrected chi connectivity index (χ4v) is 2.08. The van der Waals surface area contributed by atoms with Gasteiger partial charge in [0.2, 0.25) is 5.91 Å². The number of hydrogen-bond acceptors (Lipinski definition) is 4. The highest BCUT2D eigenvalue weighted by molar-refractivity contribution is 7.99. The molecule has 0 atom stereocenters. The van der Waals surface area contributed by atoms with Gasteiger partial charge in [-0.1, -0.05) is 12.1 Å². The standard InChI is InChI=1S/C13H17NO4S/c1-2-18-11-6-4-3-5-10(11)14-12(15)9-19-8-7-13(16)17/h3-6H,2,7-9H2,1H3,(H,14,15)(H,16,17). The number of anilines is 1. The van der Waals surface area contributed by atoms with Gasteiger partial charge in [0.15, 0.2) is 0 Å². The highest BCUT2D eigenvalue weighted by Gasteiger charge is 2.07. The Morgan fingerprint density at radius 3 is 2.79 bits per heavy atom. The van der Waals surface area contributed by atoms with Crippen LogP contribution >= 0.6 is 11.8 Å². The summed E-state index contributed by atoms with van der Waals surface area (Å²) in [4.78, 5) is 22.0. The minimum Gasteiger partial charge on any atom is -0.492 e. The molecule has 0 heterocycles. The van der Waals surface area contributed by atoms with E-state index in [1.165, 1.54) is 11.8 Å². The van der Waals surface area contributed by atoms with Gasteiger partial charge in [-0.25, -0.2) is 0 Å². The highest BCUT2D eigenvalue weighted by atomic mass is 32.2. The molecule has 104 valence electrons. The first kappa shape index (κ1) is 15.4. The number of rotatable bonds is 8. The number of aliphatic carboxylic acids is 1. The third-order valence-corrected chi connectivity index (χ3v) is 3.11. The molecular weight excluding hydrogens is 266 g/mol. The van der Waals surface area contributed by atoms with Gasteiger partial charge >= 0.3 is 5.97 Å². The van der Waals surface area contributed by atoms with Crippen LogP contribution in [0.1, 0.15) is 13.3 Å². The molecule has 0 fully saturated rings. The Labute approximate surface area is 116 Å². The van der Waals surface area contributed by atoms with Crippen molar-refractivity contribution in [1.29, 1.82) is 0 Å². The molecule has 0 saturated carbocycles. The molecule has 1 aromatic carbocycles. The van der Waals surface area contributed by atoms with E-state index in [1.807, 2.05) is 19.1 Å². The number of para-hydroxylation sites is 2. The molecule has 5 nitrogen and oxygen atoms in total. The number of nitrogens with one attached hydrogen (secondary N) is 1. The molecular formula is C13H17NO4S. The number of carbonyl (C=O) groups excluding carboxylic acids is 1. The molecule has 1 rings (SSSR count). The molecule has 6 heteroatoms. The van der Waals surface area contributed by atoms with Gasteiger partial charge in [0, 0.05) is 5.75 Å². The summed E-state index contributed by atoms with van der Waals surface area (Å²) in [5.74, 6) is 0.273.